The summed E-state index contributed by atoms with van der Waals surface area (Å²) in [5.74, 6) is -0.589. The fourth-order valence-corrected chi connectivity index (χ4v) is 3.83. The summed E-state index contributed by atoms with van der Waals surface area (Å²) < 4.78 is 10.4. The Morgan fingerprint density at radius 2 is 1.81 bits per heavy atom. The highest BCUT2D eigenvalue weighted by molar-refractivity contribution is 6.46. The number of methoxy groups -OCH3 is 2. The molecule has 6 nitrogen and oxygen atoms in total. The van der Waals surface area contributed by atoms with Crippen LogP contribution >= 0.6 is 0 Å². The summed E-state index contributed by atoms with van der Waals surface area (Å²) in [6.45, 7) is 5.03. The number of amides is 1. The molecule has 1 saturated heterocycles. The smallest absolute Gasteiger partial charge is 0.295 e. The number of aliphatic hydroxyl groups is 1. The number of carbonyl (C=O) groups is 2. The molecule has 0 saturated carbocycles. The lowest BCUT2D eigenvalue weighted by Crippen LogP contribution is -2.31. The van der Waals surface area contributed by atoms with Gasteiger partial charge in [-0.25, -0.2) is 0 Å². The fourth-order valence-electron chi connectivity index (χ4n) is 3.83. The van der Waals surface area contributed by atoms with Crippen molar-refractivity contribution in [2.75, 3.05) is 27.4 Å². The number of carbonyl (C=O) groups excluding carboxylic acids is 2. The second-order valence-corrected chi connectivity index (χ2v) is 7.89. The van der Waals surface area contributed by atoms with E-state index in [2.05, 4.69) is 13.8 Å². The van der Waals surface area contributed by atoms with Crippen molar-refractivity contribution < 1.29 is 24.2 Å². The van der Waals surface area contributed by atoms with Gasteiger partial charge in [-0.15, -0.1) is 0 Å². The highest BCUT2D eigenvalue weighted by Gasteiger charge is 2.45. The van der Waals surface area contributed by atoms with Gasteiger partial charge >= 0.3 is 0 Å². The number of hydrogen-bond donors (Lipinski definition) is 1. The van der Waals surface area contributed by atoms with Crippen LogP contribution in [0.3, 0.4) is 0 Å². The molecule has 1 heterocycles. The van der Waals surface area contributed by atoms with Crippen molar-refractivity contribution in [3.63, 3.8) is 0 Å². The van der Waals surface area contributed by atoms with Crippen molar-refractivity contribution in [1.82, 2.24) is 4.90 Å². The molecular weight excluding hydrogens is 394 g/mol. The van der Waals surface area contributed by atoms with Crippen molar-refractivity contribution in [3.05, 3.63) is 70.8 Å². The summed E-state index contributed by atoms with van der Waals surface area (Å²) in [4.78, 5) is 27.4. The maximum atomic E-state index is 13.0. The van der Waals surface area contributed by atoms with E-state index in [0.29, 0.717) is 36.8 Å². The molecule has 1 aliphatic rings. The van der Waals surface area contributed by atoms with E-state index in [1.165, 1.54) is 12.0 Å². The third-order valence-corrected chi connectivity index (χ3v) is 5.55. The van der Waals surface area contributed by atoms with Gasteiger partial charge in [0.1, 0.15) is 11.5 Å². The average Bonchev–Trinajstić information content (AvgIpc) is 3.03. The lowest BCUT2D eigenvalue weighted by atomic mass is 9.93. The van der Waals surface area contributed by atoms with Gasteiger partial charge in [0, 0.05) is 25.8 Å². The number of ketones is 1. The van der Waals surface area contributed by atoms with Gasteiger partial charge in [-0.2, -0.15) is 0 Å². The minimum absolute atomic E-state index is 0.0907. The molecule has 1 amide bonds. The first kappa shape index (κ1) is 22.6. The van der Waals surface area contributed by atoms with Crippen LogP contribution in [0.1, 0.15) is 48.9 Å². The van der Waals surface area contributed by atoms with E-state index < -0.39 is 17.7 Å². The molecule has 1 aliphatic heterocycles. The van der Waals surface area contributed by atoms with E-state index in [0.717, 1.165) is 11.1 Å². The van der Waals surface area contributed by atoms with Crippen LogP contribution in [-0.4, -0.2) is 49.1 Å². The topological polar surface area (TPSA) is 76.1 Å². The molecule has 1 N–H and O–H groups in total. The van der Waals surface area contributed by atoms with Gasteiger partial charge in [0.05, 0.1) is 18.7 Å². The number of rotatable bonds is 8. The van der Waals surface area contributed by atoms with Crippen molar-refractivity contribution in [2.45, 2.75) is 32.2 Å². The quantitative estimate of drug-likeness (QED) is 0.297. The highest BCUT2D eigenvalue weighted by Crippen LogP contribution is 2.40. The Morgan fingerprint density at radius 1 is 1.10 bits per heavy atom. The Balaban J connectivity index is 2.11. The van der Waals surface area contributed by atoms with Crippen LogP contribution in [0.15, 0.2) is 54.1 Å². The van der Waals surface area contributed by atoms with Crippen LogP contribution in [0, 0.1) is 0 Å². The molecule has 0 bridgehead atoms. The molecule has 1 unspecified atom stereocenters. The lowest BCUT2D eigenvalue weighted by Gasteiger charge is -2.25. The van der Waals surface area contributed by atoms with Gasteiger partial charge in [0.2, 0.25) is 0 Å². The second kappa shape index (κ2) is 9.79. The Labute approximate surface area is 183 Å². The van der Waals surface area contributed by atoms with Crippen LogP contribution in [0.5, 0.6) is 5.75 Å². The summed E-state index contributed by atoms with van der Waals surface area (Å²) in [5.41, 5.74) is 2.46. The SMILES string of the molecule is COCCCN1C(=O)C(=O)/C(=C(\O)c2cccc(OC)c2)C1c1ccc(C(C)C)cc1. The third-order valence-electron chi connectivity index (χ3n) is 5.55. The number of Topliss-reactive ketones (excluding diaryl/α,β-unsaturated/α-hetero) is 1. The van der Waals surface area contributed by atoms with Crippen molar-refractivity contribution in [3.8, 4) is 5.75 Å². The Morgan fingerprint density at radius 3 is 2.42 bits per heavy atom. The summed E-state index contributed by atoms with van der Waals surface area (Å²) in [5, 5.41) is 11.1. The van der Waals surface area contributed by atoms with E-state index in [1.54, 1.807) is 31.4 Å². The largest absolute Gasteiger partial charge is 0.507 e. The molecule has 0 aliphatic carbocycles. The summed E-state index contributed by atoms with van der Waals surface area (Å²) in [6.07, 6.45) is 0.587. The molecule has 6 heteroatoms. The molecule has 0 aromatic heterocycles. The maximum absolute atomic E-state index is 13.0. The first-order chi connectivity index (χ1) is 14.9. The predicted octanol–water partition coefficient (Wildman–Crippen LogP) is 4.28. The van der Waals surface area contributed by atoms with Gasteiger partial charge in [-0.1, -0.05) is 50.2 Å². The standard InChI is InChI=1S/C25H29NO5/c1-16(2)17-9-11-18(12-10-17)22-21(23(27)19-7-5-8-20(15-19)31-4)24(28)25(29)26(22)13-6-14-30-3/h5,7-12,15-16,22,27H,6,13-14H2,1-4H3/b23-21-. The van der Waals surface area contributed by atoms with Gasteiger partial charge in [-0.05, 0) is 35.6 Å². The van der Waals surface area contributed by atoms with Crippen LogP contribution < -0.4 is 4.74 Å². The molecule has 1 atom stereocenters. The number of nitrogens with zero attached hydrogens (tertiary/aromatic N) is 1. The average molecular weight is 424 g/mol. The summed E-state index contributed by atoms with van der Waals surface area (Å²) in [6, 6.07) is 14.0. The van der Waals surface area contributed by atoms with Gasteiger partial charge in [0.15, 0.2) is 0 Å². The van der Waals surface area contributed by atoms with E-state index in [1.807, 2.05) is 24.3 Å². The number of benzene rings is 2. The van der Waals surface area contributed by atoms with Crippen molar-refractivity contribution in [1.29, 1.82) is 0 Å². The molecule has 3 rings (SSSR count). The Kier molecular flexibility index (Phi) is 7.13. The normalized spacial score (nSPS) is 18.1. The van der Waals surface area contributed by atoms with Crippen LogP contribution in [0.25, 0.3) is 5.76 Å². The fraction of sp³-hybridized carbons (Fsp3) is 0.360. The first-order valence-electron chi connectivity index (χ1n) is 10.4. The van der Waals surface area contributed by atoms with Crippen LogP contribution in [0.2, 0.25) is 0 Å². The zero-order valence-electron chi connectivity index (χ0n) is 18.4. The zero-order valence-corrected chi connectivity index (χ0v) is 18.4. The van der Waals surface area contributed by atoms with Crippen LogP contribution in [-0.2, 0) is 14.3 Å². The third kappa shape index (κ3) is 4.64. The molecule has 0 radical (unpaired) electrons. The molecule has 2 aromatic carbocycles. The first-order valence-corrected chi connectivity index (χ1v) is 10.4. The van der Waals surface area contributed by atoms with Gasteiger partial charge < -0.3 is 19.5 Å². The number of hydrogen-bond acceptors (Lipinski definition) is 5. The van der Waals surface area contributed by atoms with E-state index in [4.69, 9.17) is 9.47 Å². The number of ether oxygens (including phenoxy) is 2. The van der Waals surface area contributed by atoms with Gasteiger partial charge in [0.25, 0.3) is 11.7 Å². The molecule has 1 fully saturated rings. The lowest BCUT2D eigenvalue weighted by molar-refractivity contribution is -0.140. The zero-order chi connectivity index (χ0) is 22.5. The Hall–Kier alpha value is -3.12. The van der Waals surface area contributed by atoms with Gasteiger partial charge in [-0.3, -0.25) is 9.59 Å². The van der Waals surface area contributed by atoms with Crippen molar-refractivity contribution in [2.24, 2.45) is 0 Å². The minimum atomic E-state index is -0.685. The van der Waals surface area contributed by atoms with E-state index >= 15 is 0 Å². The number of aliphatic hydroxyl groups excluding tert-OH is 1. The molecule has 164 valence electrons. The highest BCUT2D eigenvalue weighted by atomic mass is 16.5. The summed E-state index contributed by atoms with van der Waals surface area (Å²) in [7, 11) is 3.13. The Bertz CT molecular complexity index is 978. The monoisotopic (exact) mass is 423 g/mol. The van der Waals surface area contributed by atoms with E-state index in [-0.39, 0.29) is 11.3 Å². The molecule has 31 heavy (non-hydrogen) atoms. The molecule has 2 aromatic rings. The molecular formula is C25H29NO5. The van der Waals surface area contributed by atoms with E-state index in [9.17, 15) is 14.7 Å². The maximum Gasteiger partial charge on any atom is 0.295 e. The molecule has 0 spiro atoms. The summed E-state index contributed by atoms with van der Waals surface area (Å²) >= 11 is 0. The second-order valence-electron chi connectivity index (χ2n) is 7.89. The number of likely N-dealkylation sites (tertiary alicyclic amines) is 1. The van der Waals surface area contributed by atoms with Crippen molar-refractivity contribution >= 4 is 17.4 Å². The van der Waals surface area contributed by atoms with Crippen LogP contribution in [0.4, 0.5) is 0 Å². The minimum Gasteiger partial charge on any atom is -0.507 e. The predicted molar refractivity (Wildman–Crippen MR) is 119 cm³/mol.